The second kappa shape index (κ2) is 11.7. The number of carbonyl (C=O) groups excluding carboxylic acids is 2. The Morgan fingerprint density at radius 2 is 1.90 bits per heavy atom. The van der Waals surface area contributed by atoms with Crippen LogP contribution in [0.1, 0.15) is 47.9 Å². The van der Waals surface area contributed by atoms with E-state index in [9.17, 15) is 9.59 Å². The summed E-state index contributed by atoms with van der Waals surface area (Å²) in [6, 6.07) is 12.2. The Bertz CT molecular complexity index is 918. The number of rotatable bonds is 8. The van der Waals surface area contributed by atoms with Crippen molar-refractivity contribution < 1.29 is 14.3 Å². The minimum absolute atomic E-state index is 0.126. The number of hydrogen-bond acceptors (Lipinski definition) is 4. The molecule has 0 aliphatic heterocycles. The van der Waals surface area contributed by atoms with E-state index >= 15 is 0 Å². The van der Waals surface area contributed by atoms with Gasteiger partial charge in [-0.1, -0.05) is 35.8 Å². The average molecular weight is 492 g/mol. The SMILES string of the molecule is CCNC(=O)c1cccc(NC(=S)NC(=O)c2cc(Br)ccc2OCCC(C)C)c1. The van der Waals surface area contributed by atoms with Gasteiger partial charge in [0.2, 0.25) is 0 Å². The summed E-state index contributed by atoms with van der Waals surface area (Å²) in [5.41, 5.74) is 1.49. The lowest BCUT2D eigenvalue weighted by atomic mass is 10.1. The number of ether oxygens (including phenoxy) is 1. The van der Waals surface area contributed by atoms with Gasteiger partial charge in [-0.3, -0.25) is 14.9 Å². The van der Waals surface area contributed by atoms with Gasteiger partial charge in [-0.15, -0.1) is 0 Å². The molecule has 0 spiro atoms. The number of halogens is 1. The molecule has 0 aliphatic carbocycles. The van der Waals surface area contributed by atoms with Gasteiger partial charge in [0.1, 0.15) is 5.75 Å². The predicted molar refractivity (Wildman–Crippen MR) is 127 cm³/mol. The van der Waals surface area contributed by atoms with Crippen LogP contribution in [0.2, 0.25) is 0 Å². The Labute approximate surface area is 190 Å². The summed E-state index contributed by atoms with van der Waals surface area (Å²) in [4.78, 5) is 24.8. The minimum Gasteiger partial charge on any atom is -0.493 e. The van der Waals surface area contributed by atoms with E-state index in [1.165, 1.54) is 0 Å². The monoisotopic (exact) mass is 491 g/mol. The Hall–Kier alpha value is -2.45. The highest BCUT2D eigenvalue weighted by molar-refractivity contribution is 9.10. The molecule has 0 fully saturated rings. The van der Waals surface area contributed by atoms with Crippen molar-refractivity contribution in [1.82, 2.24) is 10.6 Å². The first-order valence-corrected chi connectivity index (χ1v) is 10.9. The molecule has 0 radical (unpaired) electrons. The fourth-order valence-corrected chi connectivity index (χ4v) is 3.12. The zero-order valence-electron chi connectivity index (χ0n) is 17.3. The maximum atomic E-state index is 12.8. The van der Waals surface area contributed by atoms with Gasteiger partial charge in [0.05, 0.1) is 12.2 Å². The van der Waals surface area contributed by atoms with E-state index in [1.54, 1.807) is 36.4 Å². The molecule has 30 heavy (non-hydrogen) atoms. The maximum absolute atomic E-state index is 12.8. The number of nitrogens with one attached hydrogen (secondary N) is 3. The summed E-state index contributed by atoms with van der Waals surface area (Å²) in [5.74, 6) is 0.448. The average Bonchev–Trinajstić information content (AvgIpc) is 2.69. The zero-order chi connectivity index (χ0) is 22.1. The molecule has 0 aromatic heterocycles. The highest BCUT2D eigenvalue weighted by Crippen LogP contribution is 2.24. The third kappa shape index (κ3) is 7.42. The number of anilines is 1. The molecule has 2 amide bonds. The van der Waals surface area contributed by atoms with E-state index in [1.807, 2.05) is 13.0 Å². The van der Waals surface area contributed by atoms with Crippen LogP contribution in [0.15, 0.2) is 46.9 Å². The molecule has 8 heteroatoms. The fraction of sp³-hybridized carbons (Fsp3) is 0.318. The van der Waals surface area contributed by atoms with Crippen molar-refractivity contribution in [3.05, 3.63) is 58.1 Å². The summed E-state index contributed by atoms with van der Waals surface area (Å²) in [6.45, 7) is 7.15. The lowest BCUT2D eigenvalue weighted by Crippen LogP contribution is -2.34. The first-order valence-electron chi connectivity index (χ1n) is 9.73. The smallest absolute Gasteiger partial charge is 0.261 e. The van der Waals surface area contributed by atoms with Crippen molar-refractivity contribution in [2.45, 2.75) is 27.2 Å². The quantitative estimate of drug-likeness (QED) is 0.464. The third-order valence-electron chi connectivity index (χ3n) is 4.09. The molecule has 160 valence electrons. The van der Waals surface area contributed by atoms with Gasteiger partial charge in [0.25, 0.3) is 11.8 Å². The van der Waals surface area contributed by atoms with Crippen LogP contribution in [0.5, 0.6) is 5.75 Å². The Balaban J connectivity index is 2.05. The van der Waals surface area contributed by atoms with Crippen molar-refractivity contribution in [1.29, 1.82) is 0 Å². The molecule has 6 nitrogen and oxygen atoms in total. The second-order valence-electron chi connectivity index (χ2n) is 7.02. The van der Waals surface area contributed by atoms with Gasteiger partial charge in [-0.2, -0.15) is 0 Å². The summed E-state index contributed by atoms with van der Waals surface area (Å²) in [6.07, 6.45) is 0.888. The molecule has 0 atom stereocenters. The number of hydrogen-bond donors (Lipinski definition) is 3. The second-order valence-corrected chi connectivity index (χ2v) is 8.34. The first kappa shape index (κ1) is 23.8. The van der Waals surface area contributed by atoms with Crippen molar-refractivity contribution in [2.24, 2.45) is 5.92 Å². The molecule has 0 unspecified atom stereocenters. The Kier molecular flexibility index (Phi) is 9.26. The van der Waals surface area contributed by atoms with Crippen LogP contribution in [0, 0.1) is 5.92 Å². The Morgan fingerprint density at radius 1 is 1.13 bits per heavy atom. The summed E-state index contributed by atoms with van der Waals surface area (Å²) in [7, 11) is 0. The van der Waals surface area contributed by atoms with E-state index in [2.05, 4.69) is 45.7 Å². The molecule has 2 aromatic carbocycles. The van der Waals surface area contributed by atoms with Crippen LogP contribution < -0.4 is 20.7 Å². The molecule has 0 heterocycles. The van der Waals surface area contributed by atoms with Crippen LogP contribution in [0.25, 0.3) is 0 Å². The normalized spacial score (nSPS) is 10.4. The van der Waals surface area contributed by atoms with Crippen LogP contribution >= 0.6 is 28.1 Å². The Morgan fingerprint density at radius 3 is 2.60 bits per heavy atom. The van der Waals surface area contributed by atoms with E-state index in [0.29, 0.717) is 41.6 Å². The molecule has 2 aromatic rings. The number of thiocarbonyl (C=S) groups is 1. The lowest BCUT2D eigenvalue weighted by molar-refractivity contribution is 0.0952. The molecule has 2 rings (SSSR count). The van der Waals surface area contributed by atoms with Crippen LogP contribution in [0.4, 0.5) is 5.69 Å². The third-order valence-corrected chi connectivity index (χ3v) is 4.78. The van der Waals surface area contributed by atoms with Crippen LogP contribution in [0.3, 0.4) is 0 Å². The summed E-state index contributed by atoms with van der Waals surface area (Å²) < 4.78 is 6.56. The zero-order valence-corrected chi connectivity index (χ0v) is 19.7. The van der Waals surface area contributed by atoms with Crippen molar-refractivity contribution in [3.63, 3.8) is 0 Å². The molecule has 3 N–H and O–H groups in total. The molecule has 0 bridgehead atoms. The van der Waals surface area contributed by atoms with Gasteiger partial charge in [-0.25, -0.2) is 0 Å². The molecule has 0 saturated carbocycles. The largest absolute Gasteiger partial charge is 0.493 e. The van der Waals surface area contributed by atoms with Gasteiger partial charge >= 0.3 is 0 Å². The topological polar surface area (TPSA) is 79.5 Å². The van der Waals surface area contributed by atoms with E-state index < -0.39 is 0 Å². The highest BCUT2D eigenvalue weighted by Gasteiger charge is 2.15. The molecule has 0 aliphatic rings. The summed E-state index contributed by atoms with van der Waals surface area (Å²) in [5, 5.41) is 8.47. The van der Waals surface area contributed by atoms with Gasteiger partial charge < -0.3 is 15.4 Å². The van der Waals surface area contributed by atoms with Gasteiger partial charge in [-0.05, 0) is 67.9 Å². The number of carbonyl (C=O) groups is 2. The van der Waals surface area contributed by atoms with Gasteiger partial charge in [0, 0.05) is 22.3 Å². The van der Waals surface area contributed by atoms with Crippen molar-refractivity contribution >= 4 is 50.8 Å². The number of amides is 2. The first-order chi connectivity index (χ1) is 14.3. The maximum Gasteiger partial charge on any atom is 0.261 e. The molecular weight excluding hydrogens is 466 g/mol. The fourth-order valence-electron chi connectivity index (χ4n) is 2.54. The van der Waals surface area contributed by atoms with E-state index in [4.69, 9.17) is 17.0 Å². The lowest BCUT2D eigenvalue weighted by Gasteiger charge is -2.14. The number of benzene rings is 2. The summed E-state index contributed by atoms with van der Waals surface area (Å²) >= 11 is 8.66. The van der Waals surface area contributed by atoms with E-state index in [0.717, 1.165) is 10.9 Å². The predicted octanol–water partition coefficient (Wildman–Crippen LogP) is 4.75. The van der Waals surface area contributed by atoms with E-state index in [-0.39, 0.29) is 16.9 Å². The van der Waals surface area contributed by atoms with Crippen molar-refractivity contribution in [3.8, 4) is 5.75 Å². The van der Waals surface area contributed by atoms with Gasteiger partial charge in [0.15, 0.2) is 5.11 Å². The molecule has 0 saturated heterocycles. The standard InChI is InChI=1S/C22H26BrN3O3S/c1-4-24-20(27)15-6-5-7-17(12-15)25-22(30)26-21(28)18-13-16(23)8-9-19(18)29-11-10-14(2)3/h5-9,12-14H,4,10-11H2,1-3H3,(H,24,27)(H2,25,26,28,30). The van der Waals surface area contributed by atoms with Crippen LogP contribution in [-0.4, -0.2) is 30.1 Å². The van der Waals surface area contributed by atoms with Crippen LogP contribution in [-0.2, 0) is 0 Å². The highest BCUT2D eigenvalue weighted by atomic mass is 79.9. The molecular formula is C22H26BrN3O3S. The minimum atomic E-state index is -0.381. The van der Waals surface area contributed by atoms with Crippen molar-refractivity contribution in [2.75, 3.05) is 18.5 Å².